The molecule has 9 heteroatoms. The van der Waals surface area contributed by atoms with Gasteiger partial charge in [-0.2, -0.15) is 0 Å². The maximum Gasteiger partial charge on any atom is 0.306 e. The topological polar surface area (TPSA) is 111 Å². The van der Waals surface area contributed by atoms with Gasteiger partial charge in [0, 0.05) is 12.8 Å². The van der Waals surface area contributed by atoms with Gasteiger partial charge in [-0.25, -0.2) is 0 Å². The maximum absolute atomic E-state index is 12.9. The van der Waals surface area contributed by atoms with Crippen molar-refractivity contribution in [3.63, 3.8) is 0 Å². The number of hydrogen-bond donors (Lipinski definition) is 0. The molecule has 2 atom stereocenters. The second-order valence-electron chi connectivity index (χ2n) is 21.6. The second kappa shape index (κ2) is 62.4. The first-order valence-electron chi connectivity index (χ1n) is 31.9. The van der Waals surface area contributed by atoms with Crippen LogP contribution < -0.4 is 5.11 Å². The van der Waals surface area contributed by atoms with Crippen molar-refractivity contribution >= 4 is 17.9 Å². The summed E-state index contributed by atoms with van der Waals surface area (Å²) in [6.07, 6.45) is 92.3. The number of carbonyl (C=O) groups is 3. The van der Waals surface area contributed by atoms with Crippen molar-refractivity contribution in [2.45, 2.75) is 219 Å². The van der Waals surface area contributed by atoms with Crippen LogP contribution in [0, 0.1) is 0 Å². The monoisotopic (exact) mass is 1150 g/mol. The highest BCUT2D eigenvalue weighted by Crippen LogP contribution is 2.13. The summed E-state index contributed by atoms with van der Waals surface area (Å²) in [5, 5.41) is 11.8. The number of likely N-dealkylation sites (N-methyl/N-ethyl adjacent to an activating group) is 1. The molecular weight excluding hydrogens is 1030 g/mol. The van der Waals surface area contributed by atoms with E-state index >= 15 is 0 Å². The van der Waals surface area contributed by atoms with Gasteiger partial charge in [-0.3, -0.25) is 9.59 Å². The van der Waals surface area contributed by atoms with Crippen LogP contribution in [0.15, 0.2) is 182 Å². The van der Waals surface area contributed by atoms with Crippen LogP contribution in [0.4, 0.5) is 0 Å². The minimum atomic E-state index is -1.65. The summed E-state index contributed by atoms with van der Waals surface area (Å²) in [7, 11) is 5.90. The lowest BCUT2D eigenvalue weighted by Crippen LogP contribution is -2.44. The smallest absolute Gasteiger partial charge is 0.306 e. The highest BCUT2D eigenvalue weighted by Gasteiger charge is 2.22. The predicted molar refractivity (Wildman–Crippen MR) is 351 cm³/mol. The first-order valence-corrected chi connectivity index (χ1v) is 31.9. The molecule has 0 saturated heterocycles. The van der Waals surface area contributed by atoms with Crippen LogP contribution >= 0.6 is 0 Å². The molecule has 0 aliphatic rings. The summed E-state index contributed by atoms with van der Waals surface area (Å²) < 4.78 is 22.7. The van der Waals surface area contributed by atoms with E-state index in [0.29, 0.717) is 23.9 Å². The number of carboxylic acid groups (broad SMARTS) is 1. The molecule has 83 heavy (non-hydrogen) atoms. The molecule has 9 nitrogen and oxygen atoms in total. The number of quaternary nitrogens is 1. The molecule has 0 heterocycles. The predicted octanol–water partition coefficient (Wildman–Crippen LogP) is 18.3. The molecular formula is C74H115NO8. The third kappa shape index (κ3) is 63.8. The second-order valence-corrected chi connectivity index (χ2v) is 21.6. The van der Waals surface area contributed by atoms with Crippen LogP contribution in [0.3, 0.4) is 0 Å². The SMILES string of the molecule is CC/C=C\C/C=C\C/C=C\C/C=C\C/C=C\C/C=C\C/C=C\C/C=C\C/C=C\CCCCCCCC(=O)OC(COC(=O)CCCCCCCC/C=C\C/C=C\C/C=C\C/C=C\C/C=C\C/C=C\CC)COC(OCC[N+](C)(C)C)C(=O)[O-]. The summed E-state index contributed by atoms with van der Waals surface area (Å²) in [6, 6.07) is 0. The van der Waals surface area contributed by atoms with E-state index < -0.39 is 24.3 Å². The van der Waals surface area contributed by atoms with Crippen molar-refractivity contribution in [2.24, 2.45) is 0 Å². The standard InChI is InChI=1S/C74H115NO8/c1-6-8-10-12-14-16-18-20-22-24-26-28-30-32-33-34-35-36-37-38-39-41-43-45-47-49-51-53-55-57-59-61-63-65-72(77)83-70(69-82-74(73(78)79)80-67-66-75(3,4)5)68-81-71(76)64-62-60-58-56-54-52-50-48-46-44-42-40-31-29-27-25-23-21-19-17-15-13-11-9-7-2/h8-11,14-17,20-23,26-29,32-33,35-36,38-40,42-43,45-46,48-49,51,70,74H,6-7,12-13,18-19,24-25,30-31,34,37,41,44,47,50,52-69H2,1-5H3/b10-8-,11-9-,16-14-,17-15-,22-20-,23-21-,28-26-,29-27-,33-32-,36-35-,39-38-,42-40-,45-43-,48-46-,51-49-. The molecule has 0 radical (unpaired) electrons. The zero-order valence-corrected chi connectivity index (χ0v) is 52.7. The fourth-order valence-corrected chi connectivity index (χ4v) is 7.82. The van der Waals surface area contributed by atoms with E-state index in [1.807, 2.05) is 21.1 Å². The quantitative estimate of drug-likeness (QED) is 0.0195. The lowest BCUT2D eigenvalue weighted by atomic mass is 10.1. The van der Waals surface area contributed by atoms with Crippen molar-refractivity contribution in [3.05, 3.63) is 182 Å². The molecule has 0 aromatic carbocycles. The number of nitrogens with zero attached hydrogens (tertiary/aromatic N) is 1. The van der Waals surface area contributed by atoms with Crippen LogP contribution in [0.2, 0.25) is 0 Å². The minimum absolute atomic E-state index is 0.129. The molecule has 0 spiro atoms. The fraction of sp³-hybridized carbons (Fsp3) is 0.554. The van der Waals surface area contributed by atoms with Crippen LogP contribution in [0.5, 0.6) is 0 Å². The van der Waals surface area contributed by atoms with Gasteiger partial charge in [-0.1, -0.05) is 241 Å². The van der Waals surface area contributed by atoms with Crippen LogP contribution in [0.1, 0.15) is 206 Å². The number of aliphatic carboxylic acids is 1. The lowest BCUT2D eigenvalue weighted by Gasteiger charge is -2.26. The van der Waals surface area contributed by atoms with Crippen molar-refractivity contribution in [1.82, 2.24) is 0 Å². The lowest BCUT2D eigenvalue weighted by molar-refractivity contribution is -0.870. The zero-order chi connectivity index (χ0) is 60.5. The molecule has 0 N–H and O–H groups in total. The van der Waals surface area contributed by atoms with E-state index in [1.165, 1.54) is 0 Å². The van der Waals surface area contributed by atoms with Crippen molar-refractivity contribution in [1.29, 1.82) is 0 Å². The van der Waals surface area contributed by atoms with Gasteiger partial charge in [0.2, 0.25) is 0 Å². The number of rotatable bonds is 56. The Labute approximate surface area is 507 Å². The summed E-state index contributed by atoms with van der Waals surface area (Å²) >= 11 is 0. The Bertz CT molecular complexity index is 2010. The molecule has 0 aliphatic heterocycles. The minimum Gasteiger partial charge on any atom is -0.545 e. The molecule has 0 aliphatic carbocycles. The van der Waals surface area contributed by atoms with E-state index in [-0.39, 0.29) is 38.6 Å². The van der Waals surface area contributed by atoms with Gasteiger partial charge in [0.1, 0.15) is 13.2 Å². The number of unbranched alkanes of at least 4 members (excludes halogenated alkanes) is 11. The highest BCUT2D eigenvalue weighted by molar-refractivity contribution is 5.70. The molecule has 464 valence electrons. The number of esters is 2. The van der Waals surface area contributed by atoms with E-state index in [9.17, 15) is 19.5 Å². The first kappa shape index (κ1) is 77.4. The molecule has 0 saturated carbocycles. The highest BCUT2D eigenvalue weighted by atomic mass is 16.7. The number of carbonyl (C=O) groups excluding carboxylic acids is 3. The van der Waals surface area contributed by atoms with Gasteiger partial charge in [-0.05, 0) is 135 Å². The third-order valence-electron chi connectivity index (χ3n) is 12.6. The Morgan fingerprint density at radius 3 is 0.964 bits per heavy atom. The van der Waals surface area contributed by atoms with Crippen molar-refractivity contribution < 1.29 is 42.9 Å². The molecule has 0 amide bonds. The number of carboxylic acids is 1. The molecule has 0 aromatic heterocycles. The van der Waals surface area contributed by atoms with E-state index in [2.05, 4.69) is 196 Å². The molecule has 0 fully saturated rings. The number of allylic oxidation sites excluding steroid dienone is 30. The van der Waals surface area contributed by atoms with E-state index in [0.717, 1.165) is 167 Å². The van der Waals surface area contributed by atoms with Gasteiger partial charge in [0.15, 0.2) is 12.4 Å². The number of hydrogen-bond acceptors (Lipinski definition) is 8. The molecule has 0 aromatic rings. The Morgan fingerprint density at radius 1 is 0.361 bits per heavy atom. The van der Waals surface area contributed by atoms with Crippen LogP contribution in [-0.2, 0) is 33.3 Å². The number of ether oxygens (including phenoxy) is 4. The van der Waals surface area contributed by atoms with Crippen molar-refractivity contribution in [3.8, 4) is 0 Å². The Hall–Kier alpha value is -5.61. The molecule has 0 rings (SSSR count). The van der Waals surface area contributed by atoms with Crippen LogP contribution in [0.25, 0.3) is 0 Å². The van der Waals surface area contributed by atoms with Gasteiger partial charge in [-0.15, -0.1) is 0 Å². The van der Waals surface area contributed by atoms with Gasteiger partial charge >= 0.3 is 11.9 Å². The Morgan fingerprint density at radius 2 is 0.651 bits per heavy atom. The molecule has 0 bridgehead atoms. The first-order chi connectivity index (χ1) is 40.6. The summed E-state index contributed by atoms with van der Waals surface area (Å²) in [5.41, 5.74) is 0. The van der Waals surface area contributed by atoms with E-state index in [4.69, 9.17) is 18.9 Å². The van der Waals surface area contributed by atoms with E-state index in [1.54, 1.807) is 0 Å². The van der Waals surface area contributed by atoms with Crippen LogP contribution in [-0.4, -0.2) is 82.3 Å². The third-order valence-corrected chi connectivity index (χ3v) is 12.6. The average molecular weight is 1150 g/mol. The normalized spacial score (nSPS) is 14.0. The Kier molecular flexibility index (Phi) is 58.2. The largest absolute Gasteiger partial charge is 0.545 e. The average Bonchev–Trinajstić information content (AvgIpc) is 3.46. The Balaban J connectivity index is 4.34. The summed E-state index contributed by atoms with van der Waals surface area (Å²) in [4.78, 5) is 37.4. The zero-order valence-electron chi connectivity index (χ0n) is 52.7. The van der Waals surface area contributed by atoms with Gasteiger partial charge < -0.3 is 33.3 Å². The van der Waals surface area contributed by atoms with Crippen molar-refractivity contribution in [2.75, 3.05) is 47.5 Å². The fourth-order valence-electron chi connectivity index (χ4n) is 7.82. The van der Waals surface area contributed by atoms with Gasteiger partial charge in [0.25, 0.3) is 0 Å². The maximum atomic E-state index is 12.9. The summed E-state index contributed by atoms with van der Waals surface area (Å²) in [6.45, 7) is 4.45. The molecule has 2 unspecified atom stereocenters. The van der Waals surface area contributed by atoms with Gasteiger partial charge in [0.05, 0.1) is 40.3 Å². The summed E-state index contributed by atoms with van der Waals surface area (Å²) in [5.74, 6) is -2.35.